The Morgan fingerprint density at radius 1 is 0.857 bits per heavy atom. The normalized spacial score (nSPS) is 14.9. The van der Waals surface area contributed by atoms with Gasteiger partial charge in [-0.15, -0.1) is 0 Å². The molecule has 0 radical (unpaired) electrons. The quantitative estimate of drug-likeness (QED) is 0.225. The molecule has 2 heteroatoms. The minimum atomic E-state index is 0.576. The maximum Gasteiger partial charge on any atom is 0.298 e. The summed E-state index contributed by atoms with van der Waals surface area (Å²) in [4.78, 5) is 11.0. The summed E-state index contributed by atoms with van der Waals surface area (Å²) in [5.74, 6) is 1.38. The molecule has 1 aliphatic carbocycles. The van der Waals surface area contributed by atoms with Gasteiger partial charge in [-0.2, -0.15) is 0 Å². The molecule has 0 saturated heterocycles. The topological polar surface area (TPSA) is 26.3 Å². The van der Waals surface area contributed by atoms with Crippen molar-refractivity contribution in [2.45, 2.75) is 122 Å². The predicted octanol–water partition coefficient (Wildman–Crippen LogP) is 8.12. The fraction of sp³-hybridized carbons (Fsp3) is 0.731. The van der Waals surface area contributed by atoms with E-state index < -0.39 is 0 Å². The van der Waals surface area contributed by atoms with Gasteiger partial charge in [-0.25, -0.2) is 0 Å². The molecule has 0 heterocycles. The highest BCUT2D eigenvalue weighted by Crippen LogP contribution is 2.40. The SMILES string of the molecule is CCCCCCCCCCCCCc1cccc(OC=O)c1C1CCCCC1. The smallest absolute Gasteiger partial charge is 0.298 e. The third kappa shape index (κ3) is 8.37. The number of hydrogen-bond acceptors (Lipinski definition) is 2. The Morgan fingerprint density at radius 2 is 1.46 bits per heavy atom. The van der Waals surface area contributed by atoms with Crippen molar-refractivity contribution in [3.63, 3.8) is 0 Å². The lowest BCUT2D eigenvalue weighted by atomic mass is 9.80. The van der Waals surface area contributed by atoms with Crippen molar-refractivity contribution >= 4 is 6.47 Å². The van der Waals surface area contributed by atoms with Crippen LogP contribution in [0.4, 0.5) is 0 Å². The lowest BCUT2D eigenvalue weighted by Crippen LogP contribution is -2.10. The third-order valence-corrected chi connectivity index (χ3v) is 6.39. The Kier molecular flexibility index (Phi) is 12.0. The number of carbonyl (C=O) groups is 1. The lowest BCUT2D eigenvalue weighted by Gasteiger charge is -2.26. The van der Waals surface area contributed by atoms with Crippen LogP contribution in [0.1, 0.15) is 127 Å². The van der Waals surface area contributed by atoms with Gasteiger partial charge in [0.15, 0.2) is 0 Å². The van der Waals surface area contributed by atoms with E-state index in [1.54, 1.807) is 0 Å². The van der Waals surface area contributed by atoms with Crippen LogP contribution in [0.5, 0.6) is 5.75 Å². The Balaban J connectivity index is 1.71. The molecule has 2 rings (SSSR count). The molecule has 0 atom stereocenters. The zero-order valence-electron chi connectivity index (χ0n) is 18.2. The van der Waals surface area contributed by atoms with Gasteiger partial charge in [0.1, 0.15) is 5.75 Å². The minimum Gasteiger partial charge on any atom is -0.428 e. The predicted molar refractivity (Wildman–Crippen MR) is 119 cm³/mol. The average Bonchev–Trinajstić information content (AvgIpc) is 2.73. The number of aryl methyl sites for hydroxylation is 1. The van der Waals surface area contributed by atoms with Crippen molar-refractivity contribution in [2.24, 2.45) is 0 Å². The van der Waals surface area contributed by atoms with E-state index in [4.69, 9.17) is 4.74 Å². The summed E-state index contributed by atoms with van der Waals surface area (Å²) in [6.45, 7) is 2.87. The van der Waals surface area contributed by atoms with Crippen molar-refractivity contribution in [3.05, 3.63) is 29.3 Å². The maximum absolute atomic E-state index is 11.0. The van der Waals surface area contributed by atoms with Crippen LogP contribution in [-0.4, -0.2) is 6.47 Å². The van der Waals surface area contributed by atoms with Crippen LogP contribution in [0.15, 0.2) is 18.2 Å². The number of hydrogen-bond donors (Lipinski definition) is 0. The molecule has 0 bridgehead atoms. The summed E-state index contributed by atoms with van der Waals surface area (Å²) < 4.78 is 5.36. The second kappa shape index (κ2) is 14.7. The highest BCUT2D eigenvalue weighted by molar-refractivity contribution is 5.51. The van der Waals surface area contributed by atoms with Gasteiger partial charge in [0.25, 0.3) is 6.47 Å². The number of rotatable bonds is 15. The molecule has 0 aliphatic heterocycles. The van der Waals surface area contributed by atoms with E-state index >= 15 is 0 Å². The Hall–Kier alpha value is -1.31. The molecule has 0 unspecified atom stereocenters. The largest absolute Gasteiger partial charge is 0.428 e. The summed E-state index contributed by atoms with van der Waals surface area (Å²) in [6.07, 6.45) is 22.7. The van der Waals surface area contributed by atoms with Crippen LogP contribution in [0.3, 0.4) is 0 Å². The molecule has 1 aromatic carbocycles. The molecule has 0 spiro atoms. The summed E-state index contributed by atoms with van der Waals surface area (Å²) in [6, 6.07) is 6.29. The number of carbonyl (C=O) groups excluding carboxylic acids is 1. The molecule has 1 fully saturated rings. The highest BCUT2D eigenvalue weighted by Gasteiger charge is 2.22. The molecule has 2 nitrogen and oxygen atoms in total. The van der Waals surface area contributed by atoms with Gasteiger partial charge in [-0.1, -0.05) is 103 Å². The molecular formula is C26H42O2. The highest BCUT2D eigenvalue weighted by atomic mass is 16.5. The van der Waals surface area contributed by atoms with Crippen LogP contribution < -0.4 is 4.74 Å². The second-order valence-corrected chi connectivity index (χ2v) is 8.66. The second-order valence-electron chi connectivity index (χ2n) is 8.66. The van der Waals surface area contributed by atoms with Gasteiger partial charge in [0.05, 0.1) is 0 Å². The minimum absolute atomic E-state index is 0.576. The van der Waals surface area contributed by atoms with Gasteiger partial charge in [-0.05, 0) is 43.2 Å². The van der Waals surface area contributed by atoms with Gasteiger partial charge < -0.3 is 4.74 Å². The van der Waals surface area contributed by atoms with Crippen LogP contribution in [0.2, 0.25) is 0 Å². The molecule has 28 heavy (non-hydrogen) atoms. The summed E-state index contributed by atoms with van der Waals surface area (Å²) in [5, 5.41) is 0. The monoisotopic (exact) mass is 386 g/mol. The van der Waals surface area contributed by atoms with Crippen molar-refractivity contribution in [2.75, 3.05) is 0 Å². The number of ether oxygens (including phenoxy) is 1. The van der Waals surface area contributed by atoms with Crippen LogP contribution in [-0.2, 0) is 11.2 Å². The fourth-order valence-electron chi connectivity index (χ4n) is 4.80. The van der Waals surface area contributed by atoms with Gasteiger partial charge in [0, 0.05) is 5.56 Å². The first-order valence-corrected chi connectivity index (χ1v) is 12.1. The zero-order valence-corrected chi connectivity index (χ0v) is 18.2. The lowest BCUT2D eigenvalue weighted by molar-refractivity contribution is -0.120. The van der Waals surface area contributed by atoms with Crippen molar-refractivity contribution in [3.8, 4) is 5.75 Å². The molecule has 0 aromatic heterocycles. The fourth-order valence-corrected chi connectivity index (χ4v) is 4.80. The van der Waals surface area contributed by atoms with Crippen LogP contribution in [0.25, 0.3) is 0 Å². The van der Waals surface area contributed by atoms with Gasteiger partial charge in [0.2, 0.25) is 0 Å². The van der Waals surface area contributed by atoms with E-state index in [1.807, 2.05) is 6.07 Å². The number of benzene rings is 1. The van der Waals surface area contributed by atoms with E-state index in [0.29, 0.717) is 12.4 Å². The molecule has 1 aliphatic rings. The molecule has 0 N–H and O–H groups in total. The summed E-state index contributed by atoms with van der Waals surface area (Å²) in [7, 11) is 0. The van der Waals surface area contributed by atoms with Crippen molar-refractivity contribution in [1.29, 1.82) is 0 Å². The van der Waals surface area contributed by atoms with Crippen molar-refractivity contribution in [1.82, 2.24) is 0 Å². The average molecular weight is 387 g/mol. The Labute approximate surface area is 173 Å². The van der Waals surface area contributed by atoms with E-state index in [2.05, 4.69) is 19.1 Å². The van der Waals surface area contributed by atoms with E-state index in [0.717, 1.165) is 12.2 Å². The first kappa shape index (κ1) is 23.0. The summed E-state index contributed by atoms with van der Waals surface area (Å²) >= 11 is 0. The Bertz CT molecular complexity index is 531. The van der Waals surface area contributed by atoms with E-state index in [9.17, 15) is 4.79 Å². The van der Waals surface area contributed by atoms with E-state index in [1.165, 1.54) is 114 Å². The molecule has 0 amide bonds. The molecule has 1 aromatic rings. The number of unbranched alkanes of at least 4 members (excludes halogenated alkanes) is 10. The summed E-state index contributed by atoms with van der Waals surface area (Å²) in [5.41, 5.74) is 2.75. The van der Waals surface area contributed by atoms with Gasteiger partial charge >= 0.3 is 0 Å². The molecule has 158 valence electrons. The molecular weight excluding hydrogens is 344 g/mol. The maximum atomic E-state index is 11.0. The molecule has 1 saturated carbocycles. The van der Waals surface area contributed by atoms with Crippen molar-refractivity contribution < 1.29 is 9.53 Å². The van der Waals surface area contributed by atoms with Crippen LogP contribution in [0, 0.1) is 0 Å². The third-order valence-electron chi connectivity index (χ3n) is 6.39. The first-order chi connectivity index (χ1) is 13.9. The zero-order chi connectivity index (χ0) is 19.9. The van der Waals surface area contributed by atoms with Gasteiger partial charge in [-0.3, -0.25) is 4.79 Å². The standard InChI is InChI=1S/C26H42O2/c1-2-3-4-5-6-7-8-9-10-11-13-17-24-20-16-21-25(28-22-27)26(24)23-18-14-12-15-19-23/h16,20-23H,2-15,17-19H2,1H3. The van der Waals surface area contributed by atoms with E-state index in [-0.39, 0.29) is 0 Å². The first-order valence-electron chi connectivity index (χ1n) is 12.1. The van der Waals surface area contributed by atoms with Crippen LogP contribution >= 0.6 is 0 Å². The Morgan fingerprint density at radius 3 is 2.07 bits per heavy atom.